The SMILES string of the molecule is CC12CCCCC1(C)N1c3cc(N(c4ccccc4)c4cccc5c4oc4ccccc45)cc4c3B(c3ccc(N(c5ccccc5)c5cccc(-c6ccc7ccccc7c6)c5)cc3N4c3ccccc3)c3cccc2c31. The highest BCUT2D eigenvalue weighted by molar-refractivity contribution is 7.00. The van der Waals surface area contributed by atoms with Crippen molar-refractivity contribution in [3.8, 4) is 11.1 Å². The maximum Gasteiger partial charge on any atom is 0.252 e. The van der Waals surface area contributed by atoms with Crippen LogP contribution in [0, 0.1) is 0 Å². The van der Waals surface area contributed by atoms with Gasteiger partial charge in [-0.25, -0.2) is 0 Å². The highest BCUT2D eigenvalue weighted by atomic mass is 16.3. The largest absolute Gasteiger partial charge is 0.454 e. The predicted molar refractivity (Wildman–Crippen MR) is 328 cm³/mol. The Morgan fingerprint density at radius 1 is 0.449 bits per heavy atom. The zero-order valence-corrected chi connectivity index (χ0v) is 43.8. The lowest BCUT2D eigenvalue weighted by atomic mass is 9.33. The second-order valence-corrected chi connectivity index (χ2v) is 22.3. The van der Waals surface area contributed by atoms with E-state index >= 15 is 0 Å². The number of para-hydroxylation sites is 6. The highest BCUT2D eigenvalue weighted by Crippen LogP contribution is 2.62. The van der Waals surface area contributed by atoms with Crippen LogP contribution in [0.4, 0.5) is 62.6 Å². The first-order valence-corrected chi connectivity index (χ1v) is 27.7. The molecule has 372 valence electrons. The molecule has 2 atom stereocenters. The molecule has 3 aliphatic heterocycles. The maximum atomic E-state index is 6.93. The second-order valence-electron chi connectivity index (χ2n) is 22.3. The van der Waals surface area contributed by atoms with E-state index < -0.39 is 0 Å². The van der Waals surface area contributed by atoms with E-state index in [0.29, 0.717) is 0 Å². The summed E-state index contributed by atoms with van der Waals surface area (Å²) in [4.78, 5) is 10.3. The van der Waals surface area contributed by atoms with E-state index in [1.807, 2.05) is 0 Å². The average Bonchev–Trinajstić information content (AvgIpc) is 3.86. The average molecular weight is 1000 g/mol. The Bertz CT molecular complexity index is 4370. The first kappa shape index (κ1) is 45.0. The van der Waals surface area contributed by atoms with E-state index in [2.05, 4.69) is 282 Å². The van der Waals surface area contributed by atoms with Gasteiger partial charge in [0.1, 0.15) is 5.58 Å². The highest BCUT2D eigenvalue weighted by Gasteiger charge is 2.61. The molecule has 0 amide bonds. The molecule has 2 unspecified atom stereocenters. The van der Waals surface area contributed by atoms with E-state index in [4.69, 9.17) is 4.42 Å². The molecule has 0 bridgehead atoms. The van der Waals surface area contributed by atoms with Crippen LogP contribution in [-0.4, -0.2) is 12.3 Å². The van der Waals surface area contributed by atoms with Crippen LogP contribution in [-0.2, 0) is 5.41 Å². The third-order valence-electron chi connectivity index (χ3n) is 18.3. The second kappa shape index (κ2) is 17.1. The van der Waals surface area contributed by atoms with Gasteiger partial charge >= 0.3 is 0 Å². The summed E-state index contributed by atoms with van der Waals surface area (Å²) in [5, 5.41) is 4.69. The van der Waals surface area contributed by atoms with Crippen LogP contribution < -0.4 is 36.0 Å². The van der Waals surface area contributed by atoms with Crippen molar-refractivity contribution in [3.63, 3.8) is 0 Å². The van der Waals surface area contributed by atoms with Crippen LogP contribution in [0.1, 0.15) is 45.1 Å². The van der Waals surface area contributed by atoms with E-state index in [0.717, 1.165) is 80.3 Å². The minimum absolute atomic E-state index is 0.0306. The van der Waals surface area contributed by atoms with Crippen molar-refractivity contribution >= 4 is 118 Å². The van der Waals surface area contributed by atoms with Crippen molar-refractivity contribution in [2.24, 2.45) is 0 Å². The van der Waals surface area contributed by atoms with Gasteiger partial charge < -0.3 is 24.0 Å². The van der Waals surface area contributed by atoms with Crippen LogP contribution in [0.2, 0.25) is 0 Å². The third kappa shape index (κ3) is 6.50. The van der Waals surface area contributed by atoms with Crippen LogP contribution in [0.5, 0.6) is 0 Å². The molecule has 4 heterocycles. The topological polar surface area (TPSA) is 26.1 Å². The lowest BCUT2D eigenvalue weighted by Gasteiger charge is -2.53. The fourth-order valence-electron chi connectivity index (χ4n) is 14.5. The lowest BCUT2D eigenvalue weighted by Crippen LogP contribution is -2.64. The molecule has 1 saturated carbocycles. The first-order chi connectivity index (χ1) is 38.4. The summed E-state index contributed by atoms with van der Waals surface area (Å²) in [7, 11) is 0. The van der Waals surface area contributed by atoms with Gasteiger partial charge in [-0.2, -0.15) is 0 Å². The predicted octanol–water partition coefficient (Wildman–Crippen LogP) is 17.7. The molecule has 5 nitrogen and oxygen atoms in total. The van der Waals surface area contributed by atoms with Crippen molar-refractivity contribution in [2.75, 3.05) is 19.6 Å². The Kier molecular flexibility index (Phi) is 9.88. The number of hydrogen-bond acceptors (Lipinski definition) is 5. The van der Waals surface area contributed by atoms with Crippen molar-refractivity contribution in [2.45, 2.75) is 50.5 Å². The Morgan fingerprint density at radius 2 is 1.09 bits per heavy atom. The van der Waals surface area contributed by atoms with E-state index in [1.165, 1.54) is 73.8 Å². The maximum absolute atomic E-state index is 6.93. The molecule has 0 saturated heterocycles. The summed E-state index contributed by atoms with van der Waals surface area (Å²) in [5.74, 6) is 0. The van der Waals surface area contributed by atoms with Gasteiger partial charge in [-0.05, 0) is 155 Å². The molecule has 16 rings (SSSR count). The summed E-state index contributed by atoms with van der Waals surface area (Å²) in [6, 6.07) is 92.0. The molecule has 12 aromatic rings. The van der Waals surface area contributed by atoms with Gasteiger partial charge in [0.05, 0.1) is 16.9 Å². The minimum Gasteiger partial charge on any atom is -0.454 e. The third-order valence-corrected chi connectivity index (χ3v) is 18.3. The van der Waals surface area contributed by atoms with Gasteiger partial charge in [-0.1, -0.05) is 177 Å². The molecule has 1 fully saturated rings. The van der Waals surface area contributed by atoms with Crippen molar-refractivity contribution < 1.29 is 4.42 Å². The molecule has 0 spiro atoms. The number of anilines is 11. The molecule has 0 radical (unpaired) electrons. The zero-order valence-electron chi connectivity index (χ0n) is 43.8. The molecular formula is C72H55BN4O. The first-order valence-electron chi connectivity index (χ1n) is 27.7. The smallest absolute Gasteiger partial charge is 0.252 e. The van der Waals surface area contributed by atoms with Gasteiger partial charge in [0, 0.05) is 67.4 Å². The lowest BCUT2D eigenvalue weighted by molar-refractivity contribution is 0.195. The molecule has 4 aliphatic rings. The summed E-state index contributed by atoms with van der Waals surface area (Å²) in [6.45, 7) is 5.11. The van der Waals surface area contributed by atoms with E-state index in [-0.39, 0.29) is 17.7 Å². The summed E-state index contributed by atoms with van der Waals surface area (Å²) >= 11 is 0. The Morgan fingerprint density at radius 3 is 1.92 bits per heavy atom. The Balaban J connectivity index is 0.970. The van der Waals surface area contributed by atoms with Crippen LogP contribution in [0.3, 0.4) is 0 Å². The molecule has 0 N–H and O–H groups in total. The minimum atomic E-state index is -0.156. The van der Waals surface area contributed by atoms with Gasteiger partial charge in [0.25, 0.3) is 6.71 Å². The van der Waals surface area contributed by atoms with Gasteiger partial charge in [-0.3, -0.25) is 0 Å². The normalized spacial score (nSPS) is 17.7. The van der Waals surface area contributed by atoms with Crippen molar-refractivity contribution in [1.29, 1.82) is 0 Å². The number of nitrogens with zero attached hydrogens (tertiary/aromatic N) is 4. The van der Waals surface area contributed by atoms with Crippen LogP contribution in [0.15, 0.2) is 253 Å². The molecule has 1 aliphatic carbocycles. The molecule has 11 aromatic carbocycles. The Labute approximate surface area is 455 Å². The molecule has 78 heavy (non-hydrogen) atoms. The Hall–Kier alpha value is -9.26. The number of hydrogen-bond donors (Lipinski definition) is 0. The van der Waals surface area contributed by atoms with Gasteiger partial charge in [0.15, 0.2) is 5.58 Å². The number of rotatable bonds is 8. The fourth-order valence-corrected chi connectivity index (χ4v) is 14.5. The molecule has 1 aromatic heterocycles. The molecular weight excluding hydrogens is 948 g/mol. The summed E-state index contributed by atoms with van der Waals surface area (Å²) in [6.07, 6.45) is 4.69. The zero-order chi connectivity index (χ0) is 51.7. The van der Waals surface area contributed by atoms with Crippen molar-refractivity contribution in [1.82, 2.24) is 0 Å². The van der Waals surface area contributed by atoms with Gasteiger partial charge in [0.2, 0.25) is 0 Å². The number of benzene rings is 11. The summed E-state index contributed by atoms with van der Waals surface area (Å²) < 4.78 is 6.93. The number of furan rings is 1. The number of fused-ring (bicyclic) bond motifs is 11. The van der Waals surface area contributed by atoms with Crippen LogP contribution >= 0.6 is 0 Å². The van der Waals surface area contributed by atoms with Crippen LogP contribution in [0.25, 0.3) is 43.8 Å². The fraction of sp³-hybridized carbons (Fsp3) is 0.111. The van der Waals surface area contributed by atoms with E-state index in [1.54, 1.807) is 0 Å². The molecule has 6 heteroatoms. The van der Waals surface area contributed by atoms with Gasteiger partial charge in [-0.15, -0.1) is 0 Å². The quantitative estimate of drug-likeness (QED) is 0.141. The van der Waals surface area contributed by atoms with E-state index in [9.17, 15) is 0 Å². The summed E-state index contributed by atoms with van der Waals surface area (Å²) in [5.41, 5.74) is 22.0. The van der Waals surface area contributed by atoms with Crippen molar-refractivity contribution in [3.05, 3.63) is 254 Å². The standard InChI is InChI=1S/C72H55BN4O/c1-71-41-16-17-42-72(71,2)77-66-47-57(75(53-26-8-4-9-27-53)63-35-19-32-59-58-31-14-15-36-67(58)78-70(59)63)46-65-68(66)73(62-34-20-33-60(71)69(62)77)61-40-39-56(45-64(61)76(65)54-28-10-5-11-29-54)74(52-24-6-3-7-25-52)55-30-18-23-50(44-55)51-38-37-48-21-12-13-22-49(48)43-51/h3-15,18-40,43-47H,16-17,41-42H2,1-2H3. The monoisotopic (exact) mass is 1000 g/mol.